The molecule has 7 heteroatoms. The van der Waals surface area contributed by atoms with Gasteiger partial charge in [0.1, 0.15) is 5.58 Å². The van der Waals surface area contributed by atoms with Gasteiger partial charge < -0.3 is 14.2 Å². The predicted octanol–water partition coefficient (Wildman–Crippen LogP) is 15.4. The molecule has 10 rings (SSSR count). The lowest BCUT2D eigenvalue weighted by Crippen LogP contribution is -2.61. The van der Waals surface area contributed by atoms with Gasteiger partial charge in [0.25, 0.3) is 6.71 Å². The molecule has 0 spiro atoms. The second-order valence-electron chi connectivity index (χ2n) is 23.7. The highest BCUT2D eigenvalue weighted by Crippen LogP contribution is 2.53. The molecule has 1 aromatic heterocycles. The summed E-state index contributed by atoms with van der Waals surface area (Å²) in [4.78, 5) is 4.17. The van der Waals surface area contributed by atoms with Gasteiger partial charge >= 0.3 is 6.18 Å². The lowest BCUT2D eigenvalue weighted by atomic mass is 9.35. The Morgan fingerprint density at radius 1 is 0.530 bits per heavy atom. The minimum absolute atomic E-state index is 0.0244. The van der Waals surface area contributed by atoms with Crippen LogP contribution in [0, 0.1) is 0 Å². The second kappa shape index (κ2) is 14.4. The minimum atomic E-state index is -4.64. The third-order valence-corrected chi connectivity index (χ3v) is 15.0. The highest BCUT2D eigenvalue weighted by atomic mass is 19.4. The topological polar surface area (TPSA) is 19.6 Å². The van der Waals surface area contributed by atoms with Crippen LogP contribution >= 0.6 is 0 Å². The summed E-state index contributed by atoms with van der Waals surface area (Å²) in [6.45, 7) is 28.7. The summed E-state index contributed by atoms with van der Waals surface area (Å²) < 4.78 is 54.4. The van der Waals surface area contributed by atoms with E-state index in [0.29, 0.717) is 17.0 Å². The fraction of sp³-hybridized carbons (Fsp3) is 0.356. The van der Waals surface area contributed by atoms with Gasteiger partial charge in [-0.15, -0.1) is 0 Å². The number of para-hydroxylation sites is 1. The summed E-state index contributed by atoms with van der Waals surface area (Å²) in [5.41, 5.74) is 14.3. The fourth-order valence-electron chi connectivity index (χ4n) is 10.9. The van der Waals surface area contributed by atoms with Gasteiger partial charge in [-0.1, -0.05) is 151 Å². The van der Waals surface area contributed by atoms with Gasteiger partial charge in [-0.3, -0.25) is 0 Å². The zero-order valence-electron chi connectivity index (χ0n) is 40.9. The Balaban J connectivity index is 1.33. The van der Waals surface area contributed by atoms with Gasteiger partial charge in [0.2, 0.25) is 0 Å². The van der Waals surface area contributed by atoms with Crippen LogP contribution in [-0.4, -0.2) is 6.71 Å². The Labute approximate surface area is 390 Å². The summed E-state index contributed by atoms with van der Waals surface area (Å²) in [6.07, 6.45) is -2.47. The smallest absolute Gasteiger partial charge is 0.416 e. The number of hydrogen-bond donors (Lipinski definition) is 0. The number of nitrogens with zero attached hydrogens (tertiary/aromatic N) is 2. The van der Waals surface area contributed by atoms with E-state index in [9.17, 15) is 0 Å². The molecular formula is C59H62BF3N2O. The van der Waals surface area contributed by atoms with Gasteiger partial charge in [0.05, 0.1) is 22.6 Å². The summed E-state index contributed by atoms with van der Waals surface area (Å²) in [6, 6.07) is 39.1. The first-order chi connectivity index (χ1) is 30.7. The molecule has 0 unspecified atom stereocenters. The first-order valence-electron chi connectivity index (χ1n) is 23.7. The molecule has 0 atom stereocenters. The van der Waals surface area contributed by atoms with Crippen molar-refractivity contribution in [3.8, 4) is 11.1 Å². The molecule has 1 aliphatic carbocycles. The molecule has 0 saturated carbocycles. The molecule has 3 nitrogen and oxygen atoms in total. The monoisotopic (exact) mass is 882 g/mol. The molecular weight excluding hydrogens is 820 g/mol. The average molecular weight is 883 g/mol. The lowest BCUT2D eigenvalue weighted by Gasteiger charge is -2.44. The molecule has 0 saturated heterocycles. The van der Waals surface area contributed by atoms with Gasteiger partial charge in [0.15, 0.2) is 0 Å². The van der Waals surface area contributed by atoms with Crippen molar-refractivity contribution < 1.29 is 17.6 Å². The largest absolute Gasteiger partial charge is 0.468 e. The number of alkyl halides is 3. The molecule has 3 aliphatic rings. The number of halogens is 3. The number of rotatable bonds is 3. The number of anilines is 6. The van der Waals surface area contributed by atoms with Crippen molar-refractivity contribution in [2.75, 3.05) is 9.80 Å². The highest BCUT2D eigenvalue weighted by molar-refractivity contribution is 7.00. The summed E-state index contributed by atoms with van der Waals surface area (Å²) in [7, 11) is 0. The van der Waals surface area contributed by atoms with Crippen molar-refractivity contribution in [3.05, 3.63) is 149 Å². The molecule has 0 bridgehead atoms. The van der Waals surface area contributed by atoms with Crippen LogP contribution in [0.2, 0.25) is 0 Å². The molecule has 0 radical (unpaired) electrons. The predicted molar refractivity (Wildman–Crippen MR) is 272 cm³/mol. The molecule has 0 amide bonds. The average Bonchev–Trinajstić information content (AvgIpc) is 3.62. The molecule has 7 aromatic rings. The normalized spacial score (nSPS) is 16.5. The maximum absolute atomic E-state index is 15.8. The maximum Gasteiger partial charge on any atom is 0.416 e. The quantitative estimate of drug-likeness (QED) is 0.165. The Kier molecular flexibility index (Phi) is 9.64. The van der Waals surface area contributed by atoms with E-state index in [0.717, 1.165) is 85.4 Å². The van der Waals surface area contributed by atoms with Crippen LogP contribution in [0.5, 0.6) is 0 Å². The van der Waals surface area contributed by atoms with Crippen LogP contribution in [0.25, 0.3) is 22.1 Å². The first-order valence-corrected chi connectivity index (χ1v) is 23.7. The molecule has 338 valence electrons. The van der Waals surface area contributed by atoms with Gasteiger partial charge in [-0.25, -0.2) is 0 Å². The molecule has 66 heavy (non-hydrogen) atoms. The van der Waals surface area contributed by atoms with E-state index in [1.807, 2.05) is 41.3 Å². The van der Waals surface area contributed by atoms with Crippen LogP contribution in [0.3, 0.4) is 0 Å². The van der Waals surface area contributed by atoms with Crippen LogP contribution < -0.4 is 26.4 Å². The van der Waals surface area contributed by atoms with Gasteiger partial charge in [-0.2, -0.15) is 13.2 Å². The van der Waals surface area contributed by atoms with Crippen molar-refractivity contribution in [2.24, 2.45) is 0 Å². The molecule has 3 heterocycles. The number of fused-ring (bicyclic) bond motifs is 7. The van der Waals surface area contributed by atoms with Crippen LogP contribution in [-0.2, 0) is 33.3 Å². The van der Waals surface area contributed by atoms with E-state index in [-0.39, 0.29) is 27.1 Å². The van der Waals surface area contributed by atoms with E-state index in [1.54, 1.807) is 0 Å². The van der Waals surface area contributed by atoms with Crippen molar-refractivity contribution >= 4 is 68.4 Å². The molecule has 6 aromatic carbocycles. The third kappa shape index (κ3) is 7.01. The van der Waals surface area contributed by atoms with E-state index in [1.165, 1.54) is 23.3 Å². The van der Waals surface area contributed by atoms with Crippen LogP contribution in [0.4, 0.5) is 47.3 Å². The number of furan rings is 1. The van der Waals surface area contributed by atoms with E-state index >= 15 is 13.2 Å². The van der Waals surface area contributed by atoms with Crippen molar-refractivity contribution in [2.45, 2.75) is 136 Å². The van der Waals surface area contributed by atoms with Crippen LogP contribution in [0.1, 0.15) is 136 Å². The Morgan fingerprint density at radius 2 is 1.09 bits per heavy atom. The number of benzene rings is 6. The Hall–Kier alpha value is -5.69. The standard InChI is InChI=1S/C59H62BF3N2O/c1-54(2,3)36-19-23-40(24-20-36)64-48-33-39(59(61,62)63)34-49-51(48)60(53-52(64)41-16-14-15-17-50(41)66-53)45-32-38(56(7,8)9)22-27-47(45)65(49)46-26-21-37(55(4,5)6)31-42(46)35-18-25-43-44(30-35)58(12,13)29-28-57(43,10)11/h14-27,30-34H,28-29H2,1-13H3. The van der Waals surface area contributed by atoms with Crippen molar-refractivity contribution in [1.82, 2.24) is 0 Å². The zero-order chi connectivity index (χ0) is 47.3. The fourth-order valence-corrected chi connectivity index (χ4v) is 10.9. The second-order valence-corrected chi connectivity index (χ2v) is 23.7. The SMILES string of the molecule is CC(C)(C)c1ccc(N2c3cc(C(F)(F)F)cc4c3B(c3cc(C(C)(C)C)ccc3N4c3ccc(C(C)(C)C)cc3-c3ccc4c(c3)C(C)(C)CCC4(C)C)c3oc4ccccc4c32)cc1. The van der Waals surface area contributed by atoms with Gasteiger partial charge in [0, 0.05) is 33.7 Å². The Bertz CT molecular complexity index is 3100. The Morgan fingerprint density at radius 3 is 1.71 bits per heavy atom. The van der Waals surface area contributed by atoms with E-state index in [4.69, 9.17) is 4.42 Å². The summed E-state index contributed by atoms with van der Waals surface area (Å²) in [5.74, 6) is 0. The van der Waals surface area contributed by atoms with Crippen molar-refractivity contribution in [1.29, 1.82) is 0 Å². The van der Waals surface area contributed by atoms with E-state index < -0.39 is 18.5 Å². The molecule has 0 fully saturated rings. The first kappa shape index (κ1) is 44.2. The summed E-state index contributed by atoms with van der Waals surface area (Å²) >= 11 is 0. The van der Waals surface area contributed by atoms with Crippen LogP contribution in [0.15, 0.2) is 120 Å². The minimum Gasteiger partial charge on any atom is -0.468 e. The van der Waals surface area contributed by atoms with Gasteiger partial charge in [-0.05, 0) is 139 Å². The zero-order valence-corrected chi connectivity index (χ0v) is 40.9. The summed E-state index contributed by atoms with van der Waals surface area (Å²) in [5, 5.41) is 0.853. The highest BCUT2D eigenvalue weighted by Gasteiger charge is 2.49. The third-order valence-electron chi connectivity index (χ3n) is 15.0. The van der Waals surface area contributed by atoms with E-state index in [2.05, 4.69) is 162 Å². The maximum atomic E-state index is 15.8. The number of hydrogen-bond acceptors (Lipinski definition) is 3. The molecule has 0 N–H and O–H groups in total. The molecule has 2 aliphatic heterocycles. The lowest BCUT2D eigenvalue weighted by molar-refractivity contribution is -0.137. The van der Waals surface area contributed by atoms with Crippen molar-refractivity contribution in [3.63, 3.8) is 0 Å².